The maximum Gasteiger partial charge on any atom is 0.0540 e. The smallest absolute Gasteiger partial charge is 0.0540 e. The van der Waals surface area contributed by atoms with Gasteiger partial charge in [-0.2, -0.15) is 0 Å². The molecule has 0 aliphatic heterocycles. The average molecular weight is 615 g/mol. The molecule has 0 radical (unpaired) electrons. The van der Waals surface area contributed by atoms with Gasteiger partial charge in [0.1, 0.15) is 0 Å². The molecular weight excluding hydrogens is 581 g/mol. The molecule has 1 N–H and O–H groups in total. The van der Waals surface area contributed by atoms with E-state index in [2.05, 4.69) is 192 Å². The summed E-state index contributed by atoms with van der Waals surface area (Å²) in [6, 6.07) is 71.2. The Kier molecular flexibility index (Phi) is 7.96. The lowest BCUT2D eigenvalue weighted by Crippen LogP contribution is -2.10. The van der Waals surface area contributed by atoms with Gasteiger partial charge in [0.05, 0.1) is 5.69 Å². The zero-order valence-electron chi connectivity index (χ0n) is 26.5. The van der Waals surface area contributed by atoms with Crippen LogP contribution in [0, 0.1) is 0 Å². The van der Waals surface area contributed by atoms with Gasteiger partial charge in [-0.05, 0) is 93.4 Å². The molecule has 2 heteroatoms. The van der Waals surface area contributed by atoms with Crippen molar-refractivity contribution < 1.29 is 0 Å². The molecular formula is C46H34N2. The van der Waals surface area contributed by atoms with Gasteiger partial charge in [0.15, 0.2) is 0 Å². The van der Waals surface area contributed by atoms with Gasteiger partial charge in [-0.3, -0.25) is 0 Å². The minimum atomic E-state index is 1.06. The predicted molar refractivity (Wildman–Crippen MR) is 205 cm³/mol. The zero-order chi connectivity index (χ0) is 32.1. The summed E-state index contributed by atoms with van der Waals surface area (Å²) in [4.78, 5) is 2.38. The van der Waals surface area contributed by atoms with E-state index in [4.69, 9.17) is 0 Å². The molecule has 8 aromatic rings. The second-order valence-corrected chi connectivity index (χ2v) is 11.9. The van der Waals surface area contributed by atoms with Crippen molar-refractivity contribution in [3.05, 3.63) is 200 Å². The Morgan fingerprint density at radius 1 is 0.292 bits per heavy atom. The number of nitrogens with one attached hydrogen (secondary N) is 1. The quantitative estimate of drug-likeness (QED) is 0.183. The van der Waals surface area contributed by atoms with E-state index >= 15 is 0 Å². The van der Waals surface area contributed by atoms with Crippen LogP contribution in [0.2, 0.25) is 0 Å². The normalized spacial score (nSPS) is 10.9. The van der Waals surface area contributed by atoms with E-state index in [1.165, 1.54) is 44.2 Å². The van der Waals surface area contributed by atoms with Crippen LogP contribution in [0.4, 0.5) is 28.4 Å². The maximum atomic E-state index is 3.50. The van der Waals surface area contributed by atoms with E-state index in [-0.39, 0.29) is 0 Å². The molecule has 8 rings (SSSR count). The minimum absolute atomic E-state index is 1.06. The lowest BCUT2D eigenvalue weighted by atomic mass is 9.96. The lowest BCUT2D eigenvalue weighted by Gasteiger charge is -2.28. The molecule has 0 aromatic heterocycles. The fourth-order valence-corrected chi connectivity index (χ4v) is 6.45. The largest absolute Gasteiger partial charge is 0.356 e. The van der Waals surface area contributed by atoms with Crippen molar-refractivity contribution >= 4 is 39.2 Å². The van der Waals surface area contributed by atoms with E-state index < -0.39 is 0 Å². The Labute approximate surface area is 282 Å². The van der Waals surface area contributed by atoms with Crippen LogP contribution in [-0.2, 0) is 0 Å². The highest BCUT2D eigenvalue weighted by Crippen LogP contribution is 2.43. The summed E-state index contributed by atoms with van der Waals surface area (Å²) >= 11 is 0. The number of benzene rings is 8. The van der Waals surface area contributed by atoms with Gasteiger partial charge in [0.2, 0.25) is 0 Å². The summed E-state index contributed by atoms with van der Waals surface area (Å²) < 4.78 is 0. The highest BCUT2D eigenvalue weighted by atomic mass is 15.1. The fraction of sp³-hybridized carbons (Fsp3) is 0. The van der Waals surface area contributed by atoms with Crippen LogP contribution in [0.15, 0.2) is 200 Å². The highest BCUT2D eigenvalue weighted by Gasteiger charge is 2.18. The third-order valence-corrected chi connectivity index (χ3v) is 8.87. The van der Waals surface area contributed by atoms with Gasteiger partial charge < -0.3 is 10.2 Å². The number of hydrogen-bond donors (Lipinski definition) is 1. The number of para-hydroxylation sites is 1. The first-order valence-electron chi connectivity index (χ1n) is 16.4. The van der Waals surface area contributed by atoms with Gasteiger partial charge in [-0.1, -0.05) is 146 Å². The molecule has 48 heavy (non-hydrogen) atoms. The summed E-state index contributed by atoms with van der Waals surface area (Å²) in [5.74, 6) is 0. The molecule has 0 saturated heterocycles. The number of anilines is 5. The molecule has 0 aliphatic carbocycles. The van der Waals surface area contributed by atoms with Crippen LogP contribution >= 0.6 is 0 Å². The minimum Gasteiger partial charge on any atom is -0.356 e. The van der Waals surface area contributed by atoms with Crippen molar-refractivity contribution in [3.8, 4) is 33.4 Å². The van der Waals surface area contributed by atoms with Crippen LogP contribution in [0.25, 0.3) is 44.2 Å². The monoisotopic (exact) mass is 614 g/mol. The molecule has 0 atom stereocenters. The SMILES string of the molecule is c1ccc(Nc2ccc(-c3ccc(N(c4ccc(-c5ccccc5)cc4)c4ccc(-c5ccccc5)cc4)c4ccccc34)cc2)cc1. The number of nitrogens with zero attached hydrogens (tertiary/aromatic N) is 1. The van der Waals surface area contributed by atoms with Gasteiger partial charge >= 0.3 is 0 Å². The Hall–Kier alpha value is -6.38. The average Bonchev–Trinajstić information content (AvgIpc) is 3.17. The summed E-state index contributed by atoms with van der Waals surface area (Å²) in [5, 5.41) is 5.91. The summed E-state index contributed by atoms with van der Waals surface area (Å²) in [7, 11) is 0. The predicted octanol–water partition coefficient (Wildman–Crippen LogP) is 13.1. The Bertz CT molecular complexity index is 2180. The van der Waals surface area contributed by atoms with Gasteiger partial charge in [0, 0.05) is 28.1 Å². The lowest BCUT2D eigenvalue weighted by molar-refractivity contribution is 1.30. The number of fused-ring (bicyclic) bond motifs is 1. The summed E-state index contributed by atoms with van der Waals surface area (Å²) in [6.07, 6.45) is 0. The Morgan fingerprint density at radius 2 is 0.708 bits per heavy atom. The third kappa shape index (κ3) is 5.95. The van der Waals surface area contributed by atoms with E-state index in [0.29, 0.717) is 0 Å². The second kappa shape index (κ2) is 13.2. The molecule has 0 bridgehead atoms. The molecule has 228 valence electrons. The molecule has 0 fully saturated rings. The van der Waals surface area contributed by atoms with Crippen molar-refractivity contribution in [1.29, 1.82) is 0 Å². The first-order valence-corrected chi connectivity index (χ1v) is 16.4. The standard InChI is InChI=1S/C46H34N2/c1-4-12-34(13-5-1)36-22-28-41(29-23-36)48(42-30-24-37(25-31-42)35-14-6-2-7-15-35)46-33-32-43(44-18-10-11-19-45(44)46)38-20-26-40(27-21-38)47-39-16-8-3-9-17-39/h1-33,47H. The molecule has 0 unspecified atom stereocenters. The third-order valence-electron chi connectivity index (χ3n) is 8.87. The fourth-order valence-electron chi connectivity index (χ4n) is 6.45. The van der Waals surface area contributed by atoms with Crippen LogP contribution in [-0.4, -0.2) is 0 Å². The van der Waals surface area contributed by atoms with E-state index in [0.717, 1.165) is 28.4 Å². The van der Waals surface area contributed by atoms with Crippen molar-refractivity contribution in [2.75, 3.05) is 10.2 Å². The van der Waals surface area contributed by atoms with E-state index in [1.807, 2.05) is 18.2 Å². The summed E-state index contributed by atoms with van der Waals surface area (Å²) in [5.41, 5.74) is 12.7. The number of rotatable bonds is 8. The highest BCUT2D eigenvalue weighted by molar-refractivity contribution is 6.06. The van der Waals surface area contributed by atoms with Crippen LogP contribution in [0.1, 0.15) is 0 Å². The second-order valence-electron chi connectivity index (χ2n) is 11.9. The summed E-state index contributed by atoms with van der Waals surface area (Å²) in [6.45, 7) is 0. The molecule has 0 amide bonds. The van der Waals surface area contributed by atoms with Gasteiger partial charge in [0.25, 0.3) is 0 Å². The molecule has 0 heterocycles. The molecule has 8 aromatic carbocycles. The van der Waals surface area contributed by atoms with Crippen molar-refractivity contribution in [3.63, 3.8) is 0 Å². The molecule has 0 aliphatic rings. The molecule has 0 spiro atoms. The van der Waals surface area contributed by atoms with Crippen LogP contribution < -0.4 is 10.2 Å². The van der Waals surface area contributed by atoms with E-state index in [9.17, 15) is 0 Å². The van der Waals surface area contributed by atoms with Crippen molar-refractivity contribution in [2.45, 2.75) is 0 Å². The van der Waals surface area contributed by atoms with Gasteiger partial charge in [-0.15, -0.1) is 0 Å². The first-order chi connectivity index (χ1) is 23.8. The van der Waals surface area contributed by atoms with Gasteiger partial charge in [-0.25, -0.2) is 0 Å². The zero-order valence-corrected chi connectivity index (χ0v) is 26.5. The van der Waals surface area contributed by atoms with Crippen molar-refractivity contribution in [2.24, 2.45) is 0 Å². The van der Waals surface area contributed by atoms with E-state index in [1.54, 1.807) is 0 Å². The molecule has 0 saturated carbocycles. The molecule has 2 nitrogen and oxygen atoms in total. The van der Waals surface area contributed by atoms with Crippen LogP contribution in [0.3, 0.4) is 0 Å². The van der Waals surface area contributed by atoms with Crippen LogP contribution in [0.5, 0.6) is 0 Å². The first kappa shape index (κ1) is 29.1. The number of hydrogen-bond acceptors (Lipinski definition) is 2. The maximum absolute atomic E-state index is 3.50. The topological polar surface area (TPSA) is 15.3 Å². The Balaban J connectivity index is 1.21. The Morgan fingerprint density at radius 3 is 1.25 bits per heavy atom. The van der Waals surface area contributed by atoms with Crippen molar-refractivity contribution in [1.82, 2.24) is 0 Å².